The lowest BCUT2D eigenvalue weighted by Crippen LogP contribution is -2.09. The van der Waals surface area contributed by atoms with Gasteiger partial charge in [-0.1, -0.05) is 30.3 Å². The molecule has 0 unspecified atom stereocenters. The zero-order chi connectivity index (χ0) is 14.0. The summed E-state index contributed by atoms with van der Waals surface area (Å²) in [5.41, 5.74) is 7.37. The zero-order valence-corrected chi connectivity index (χ0v) is 13.1. The topological polar surface area (TPSA) is 85.9 Å². The molecule has 100 valence electrons. The van der Waals surface area contributed by atoms with Crippen molar-refractivity contribution in [3.63, 3.8) is 0 Å². The average molecular weight is 389 g/mol. The van der Waals surface area contributed by atoms with Crippen molar-refractivity contribution in [2.24, 2.45) is 0 Å². The maximum absolute atomic E-state index is 11.3. The highest BCUT2D eigenvalue weighted by Gasteiger charge is 2.14. The third kappa shape index (κ3) is 3.63. The van der Waals surface area contributed by atoms with Crippen molar-refractivity contribution >= 4 is 38.2 Å². The molecule has 0 spiro atoms. The molecule has 5 nitrogen and oxygen atoms in total. The number of nitrogen functional groups attached to an aromatic ring is 1. The van der Waals surface area contributed by atoms with E-state index in [2.05, 4.69) is 32.6 Å². The van der Waals surface area contributed by atoms with E-state index in [-0.39, 0.29) is 11.6 Å². The molecule has 0 saturated carbocycles. The highest BCUT2D eigenvalue weighted by atomic mass is 127. The highest BCUT2D eigenvalue weighted by molar-refractivity contribution is 14.1. The molecule has 1 heterocycles. The first-order valence-corrected chi connectivity index (χ1v) is 8.56. The lowest BCUT2D eigenvalue weighted by atomic mass is 10.1. The summed E-state index contributed by atoms with van der Waals surface area (Å²) in [6.07, 6.45) is 1.15. The Bertz CT molecular complexity index is 702. The second kappa shape index (κ2) is 5.41. The van der Waals surface area contributed by atoms with Crippen molar-refractivity contribution in [1.82, 2.24) is 9.97 Å². The number of anilines is 1. The number of nitrogens with zero attached hydrogens (tertiary/aromatic N) is 2. The van der Waals surface area contributed by atoms with Gasteiger partial charge >= 0.3 is 0 Å². The minimum atomic E-state index is -3.19. The van der Waals surface area contributed by atoms with Gasteiger partial charge in [-0.15, -0.1) is 0 Å². The molecule has 2 rings (SSSR count). The number of sulfone groups is 1. The lowest BCUT2D eigenvalue weighted by molar-refractivity contribution is 0.599. The maximum atomic E-state index is 11.3. The molecular formula is C12H12IN3O2S. The Hall–Kier alpha value is -1.22. The second-order valence-electron chi connectivity index (χ2n) is 4.12. The highest BCUT2D eigenvalue weighted by Crippen LogP contribution is 2.26. The van der Waals surface area contributed by atoms with E-state index in [1.54, 1.807) is 0 Å². The predicted molar refractivity (Wildman–Crippen MR) is 83.1 cm³/mol. The fourth-order valence-corrected chi connectivity index (χ4v) is 2.75. The van der Waals surface area contributed by atoms with E-state index < -0.39 is 9.84 Å². The SMILES string of the molecule is CS(=O)(=O)Cc1nc(N)c(I)c(-c2ccccc2)n1. The van der Waals surface area contributed by atoms with Crippen molar-refractivity contribution in [1.29, 1.82) is 0 Å². The fourth-order valence-electron chi connectivity index (χ4n) is 1.60. The van der Waals surface area contributed by atoms with Gasteiger partial charge in [-0.25, -0.2) is 18.4 Å². The smallest absolute Gasteiger partial charge is 0.154 e. The molecule has 0 aliphatic carbocycles. The van der Waals surface area contributed by atoms with Gasteiger partial charge in [-0.2, -0.15) is 0 Å². The molecule has 0 saturated heterocycles. The Labute approximate surface area is 125 Å². The van der Waals surface area contributed by atoms with Crippen LogP contribution in [0.1, 0.15) is 5.82 Å². The summed E-state index contributed by atoms with van der Waals surface area (Å²) in [5, 5.41) is 0. The van der Waals surface area contributed by atoms with Gasteiger partial charge in [0.1, 0.15) is 17.4 Å². The zero-order valence-electron chi connectivity index (χ0n) is 10.2. The van der Waals surface area contributed by atoms with Crippen molar-refractivity contribution in [3.8, 4) is 11.3 Å². The second-order valence-corrected chi connectivity index (χ2v) is 7.34. The van der Waals surface area contributed by atoms with E-state index in [9.17, 15) is 8.42 Å². The number of benzene rings is 1. The summed E-state index contributed by atoms with van der Waals surface area (Å²) >= 11 is 2.06. The Morgan fingerprint density at radius 3 is 2.42 bits per heavy atom. The third-order valence-corrected chi connectivity index (χ3v) is 4.21. The van der Waals surface area contributed by atoms with Gasteiger partial charge in [0.05, 0.1) is 9.26 Å². The normalized spacial score (nSPS) is 11.5. The van der Waals surface area contributed by atoms with Crippen molar-refractivity contribution in [2.75, 3.05) is 12.0 Å². The summed E-state index contributed by atoms with van der Waals surface area (Å²) in [6.45, 7) is 0. The van der Waals surface area contributed by atoms with Crippen LogP contribution in [0.5, 0.6) is 0 Å². The Morgan fingerprint density at radius 1 is 1.21 bits per heavy atom. The minimum Gasteiger partial charge on any atom is -0.383 e. The van der Waals surface area contributed by atoms with E-state index in [1.165, 1.54) is 0 Å². The van der Waals surface area contributed by atoms with Crippen LogP contribution in [-0.4, -0.2) is 24.6 Å². The lowest BCUT2D eigenvalue weighted by Gasteiger charge is -2.08. The standard InChI is InChI=1S/C12H12IN3O2S/c1-19(17,18)7-9-15-11(10(13)12(14)16-9)8-5-3-2-4-6-8/h2-6H,7H2,1H3,(H2,14,15,16). The Kier molecular flexibility index (Phi) is 4.04. The Morgan fingerprint density at radius 2 is 1.84 bits per heavy atom. The summed E-state index contributed by atoms with van der Waals surface area (Å²) in [4.78, 5) is 8.34. The molecule has 0 aliphatic rings. The van der Waals surface area contributed by atoms with E-state index in [1.807, 2.05) is 30.3 Å². The number of hydrogen-bond donors (Lipinski definition) is 1. The van der Waals surface area contributed by atoms with Crippen LogP contribution in [0.15, 0.2) is 30.3 Å². The predicted octanol–water partition coefficient (Wildman–Crippen LogP) is 1.88. The summed E-state index contributed by atoms with van der Waals surface area (Å²) in [6, 6.07) is 9.47. The summed E-state index contributed by atoms with van der Waals surface area (Å²) in [7, 11) is -3.19. The number of hydrogen-bond acceptors (Lipinski definition) is 5. The van der Waals surface area contributed by atoms with E-state index in [0.29, 0.717) is 11.5 Å². The van der Waals surface area contributed by atoms with Crippen molar-refractivity contribution in [2.45, 2.75) is 5.75 Å². The fraction of sp³-hybridized carbons (Fsp3) is 0.167. The molecule has 1 aromatic heterocycles. The van der Waals surface area contributed by atoms with Gasteiger partial charge in [0, 0.05) is 11.8 Å². The first-order valence-electron chi connectivity index (χ1n) is 5.42. The van der Waals surface area contributed by atoms with Gasteiger partial charge in [-0.3, -0.25) is 0 Å². The maximum Gasteiger partial charge on any atom is 0.154 e. The van der Waals surface area contributed by atoms with E-state index >= 15 is 0 Å². The van der Waals surface area contributed by atoms with Crippen molar-refractivity contribution < 1.29 is 8.42 Å². The molecule has 1 aromatic carbocycles. The number of aromatic nitrogens is 2. The molecule has 2 N–H and O–H groups in total. The molecule has 0 aliphatic heterocycles. The average Bonchev–Trinajstić information content (AvgIpc) is 2.33. The van der Waals surface area contributed by atoms with E-state index in [0.717, 1.165) is 15.4 Å². The third-order valence-electron chi connectivity index (χ3n) is 2.36. The van der Waals surface area contributed by atoms with Gasteiger partial charge in [-0.05, 0) is 22.6 Å². The summed E-state index contributed by atoms with van der Waals surface area (Å²) < 4.78 is 23.4. The summed E-state index contributed by atoms with van der Waals surface area (Å²) in [5.74, 6) is 0.306. The van der Waals surface area contributed by atoms with Crippen LogP contribution in [0.3, 0.4) is 0 Å². The molecule has 0 amide bonds. The van der Waals surface area contributed by atoms with Gasteiger partial charge in [0.25, 0.3) is 0 Å². The van der Waals surface area contributed by atoms with Crippen LogP contribution >= 0.6 is 22.6 Å². The molecular weight excluding hydrogens is 377 g/mol. The number of halogens is 1. The van der Waals surface area contributed by atoms with Crippen LogP contribution in [-0.2, 0) is 15.6 Å². The quantitative estimate of drug-likeness (QED) is 0.811. The van der Waals surface area contributed by atoms with Crippen LogP contribution in [0.25, 0.3) is 11.3 Å². The molecule has 0 atom stereocenters. The van der Waals surface area contributed by atoms with E-state index in [4.69, 9.17) is 5.73 Å². The first kappa shape index (κ1) is 14.2. The van der Waals surface area contributed by atoms with Crippen LogP contribution in [0.2, 0.25) is 0 Å². The van der Waals surface area contributed by atoms with Gasteiger partial charge in [0.2, 0.25) is 0 Å². The first-order chi connectivity index (χ1) is 8.87. The van der Waals surface area contributed by atoms with Crippen molar-refractivity contribution in [3.05, 3.63) is 39.7 Å². The number of nitrogens with two attached hydrogens (primary N) is 1. The largest absolute Gasteiger partial charge is 0.383 e. The van der Waals surface area contributed by atoms with Gasteiger partial charge in [0.15, 0.2) is 9.84 Å². The molecule has 0 bridgehead atoms. The van der Waals surface area contributed by atoms with Gasteiger partial charge < -0.3 is 5.73 Å². The molecule has 0 fully saturated rings. The minimum absolute atomic E-state index is 0.214. The number of rotatable bonds is 3. The molecule has 7 heteroatoms. The molecule has 2 aromatic rings. The Balaban J connectivity index is 2.55. The van der Waals surface area contributed by atoms with Crippen LogP contribution < -0.4 is 5.73 Å². The molecule has 19 heavy (non-hydrogen) atoms. The van der Waals surface area contributed by atoms with Crippen LogP contribution in [0.4, 0.5) is 5.82 Å². The molecule has 0 radical (unpaired) electrons. The van der Waals surface area contributed by atoms with Crippen LogP contribution in [0, 0.1) is 3.57 Å². The monoisotopic (exact) mass is 389 g/mol.